The Morgan fingerprint density at radius 3 is 2.37 bits per heavy atom. The van der Waals surface area contributed by atoms with E-state index in [2.05, 4.69) is 4.74 Å². The van der Waals surface area contributed by atoms with Crippen molar-refractivity contribution in [1.82, 2.24) is 0 Å². The van der Waals surface area contributed by atoms with Crippen molar-refractivity contribution in [3.05, 3.63) is 23.8 Å². The van der Waals surface area contributed by atoms with Crippen molar-refractivity contribution in [3.63, 3.8) is 0 Å². The van der Waals surface area contributed by atoms with Gasteiger partial charge in [0.2, 0.25) is 0 Å². The summed E-state index contributed by atoms with van der Waals surface area (Å²) in [5, 5.41) is 0. The van der Waals surface area contributed by atoms with E-state index in [1.807, 2.05) is 13.8 Å². The largest absolute Gasteiger partial charge is 0.780 e. The smallest absolute Gasteiger partial charge is 0.573 e. The Morgan fingerprint density at radius 2 is 1.84 bits per heavy atom. The topological polar surface area (TPSA) is 35.2 Å². The molecule has 0 unspecified atom stereocenters. The first-order valence-corrected chi connectivity index (χ1v) is 6.32. The van der Waals surface area contributed by atoms with Crippen molar-refractivity contribution in [2.24, 2.45) is 5.73 Å². The first-order chi connectivity index (χ1) is 8.55. The molecule has 0 radical (unpaired) electrons. The molecular weight excluding hydrogens is 275 g/mol. The average Bonchev–Trinajstić information content (AvgIpc) is 2.10. The predicted octanol–water partition coefficient (Wildman–Crippen LogP) is 3.55. The highest BCUT2D eigenvalue weighted by Crippen LogP contribution is 2.26. The maximum atomic E-state index is 12.1. The zero-order valence-electron chi connectivity index (χ0n) is 10.9. The summed E-state index contributed by atoms with van der Waals surface area (Å²) in [6.07, 6.45) is -2.50. The van der Waals surface area contributed by atoms with Gasteiger partial charge < -0.3 is 23.1 Å². The molecule has 1 aromatic carbocycles. The van der Waals surface area contributed by atoms with Crippen molar-refractivity contribution in [2.75, 3.05) is 0 Å². The van der Waals surface area contributed by atoms with E-state index in [1.54, 1.807) is 6.07 Å². The van der Waals surface area contributed by atoms with Crippen LogP contribution in [0.5, 0.6) is 5.75 Å². The Bertz CT molecular complexity index is 427. The van der Waals surface area contributed by atoms with Crippen LogP contribution in [-0.4, -0.2) is 11.9 Å². The van der Waals surface area contributed by atoms with Gasteiger partial charge in [0.05, 0.1) is 0 Å². The van der Waals surface area contributed by atoms with E-state index in [4.69, 9.17) is 18.4 Å². The van der Waals surface area contributed by atoms with Crippen molar-refractivity contribution in [2.45, 2.75) is 49.9 Å². The van der Waals surface area contributed by atoms with Crippen molar-refractivity contribution in [1.29, 1.82) is 0 Å². The van der Waals surface area contributed by atoms with Crippen LogP contribution in [0.25, 0.3) is 0 Å². The second kappa shape index (κ2) is 5.96. The normalized spacial score (nSPS) is 12.5. The molecule has 0 aliphatic rings. The molecule has 19 heavy (non-hydrogen) atoms. The average molecular weight is 292 g/mol. The third kappa shape index (κ3) is 7.22. The Labute approximate surface area is 116 Å². The van der Waals surface area contributed by atoms with Gasteiger partial charge in [-0.2, -0.15) is 4.90 Å². The van der Waals surface area contributed by atoms with E-state index >= 15 is 0 Å². The lowest BCUT2D eigenvalue weighted by Gasteiger charge is -2.19. The third-order valence-electron chi connectivity index (χ3n) is 2.46. The van der Waals surface area contributed by atoms with E-state index < -0.39 is 6.36 Å². The van der Waals surface area contributed by atoms with Crippen LogP contribution in [0.1, 0.15) is 32.3 Å². The first-order valence-electron chi connectivity index (χ1n) is 5.91. The van der Waals surface area contributed by atoms with Crippen molar-refractivity contribution >= 4 is 12.6 Å². The van der Waals surface area contributed by atoms with Crippen molar-refractivity contribution in [3.8, 4) is 5.75 Å². The fourth-order valence-corrected chi connectivity index (χ4v) is 1.98. The van der Waals surface area contributed by atoms with Crippen LogP contribution in [0.15, 0.2) is 23.1 Å². The van der Waals surface area contributed by atoms with Crippen LogP contribution in [0.2, 0.25) is 0 Å². The van der Waals surface area contributed by atoms with Crippen LogP contribution in [0.4, 0.5) is 13.2 Å². The number of benzene rings is 1. The van der Waals surface area contributed by atoms with Gasteiger partial charge in [0.15, 0.2) is 0 Å². The zero-order valence-corrected chi connectivity index (χ0v) is 11.7. The first kappa shape index (κ1) is 16.0. The van der Waals surface area contributed by atoms with Crippen LogP contribution in [0.3, 0.4) is 0 Å². The molecule has 0 aromatic heterocycles. The Kier molecular flexibility index (Phi) is 5.04. The number of halogens is 3. The number of ether oxygens (including phenoxy) is 1. The van der Waals surface area contributed by atoms with Crippen molar-refractivity contribution < 1.29 is 17.9 Å². The van der Waals surface area contributed by atoms with Gasteiger partial charge >= 0.3 is 6.36 Å². The summed E-state index contributed by atoms with van der Waals surface area (Å²) in [7, 11) is 0. The minimum Gasteiger partial charge on any atom is -0.780 e. The maximum absolute atomic E-state index is 12.1. The quantitative estimate of drug-likeness (QED) is 0.843. The van der Waals surface area contributed by atoms with Crippen LogP contribution >= 0.6 is 0 Å². The van der Waals surface area contributed by atoms with Gasteiger partial charge in [-0.3, -0.25) is 0 Å². The van der Waals surface area contributed by atoms with Gasteiger partial charge in [0, 0.05) is 5.54 Å². The predicted molar refractivity (Wildman–Crippen MR) is 70.0 cm³/mol. The summed E-state index contributed by atoms with van der Waals surface area (Å²) < 4.78 is 40.3. The number of hydrogen-bond donors (Lipinski definition) is 1. The Balaban J connectivity index is 2.69. The van der Waals surface area contributed by atoms with E-state index in [0.717, 1.165) is 18.4 Å². The lowest BCUT2D eigenvalue weighted by atomic mass is 9.97. The zero-order chi connectivity index (χ0) is 14.7. The molecule has 0 amide bonds. The molecule has 0 fully saturated rings. The minimum absolute atomic E-state index is 0.262. The summed E-state index contributed by atoms with van der Waals surface area (Å²) >= 11 is 4.93. The molecule has 1 rings (SSSR count). The summed E-state index contributed by atoms with van der Waals surface area (Å²) in [6, 6.07) is 4.24. The van der Waals surface area contributed by atoms with E-state index in [9.17, 15) is 13.2 Å². The monoisotopic (exact) mass is 292 g/mol. The summed E-state index contributed by atoms with van der Waals surface area (Å²) in [4.78, 5) is 0.337. The second-order valence-electron chi connectivity index (χ2n) is 5.20. The Morgan fingerprint density at radius 1 is 1.21 bits per heavy atom. The molecule has 1 aromatic rings. The molecule has 108 valence electrons. The second-order valence-corrected chi connectivity index (χ2v) is 5.67. The molecule has 0 aliphatic heterocycles. The summed E-state index contributed by atoms with van der Waals surface area (Å²) in [6.45, 7) is 3.82. The SMILES string of the molecule is CC(C)(N)CCCc1cc([S-])cc(OC(F)(F)F)c1. The van der Waals surface area contributed by atoms with Gasteiger partial charge in [0.25, 0.3) is 0 Å². The van der Waals surface area contributed by atoms with Crippen LogP contribution < -0.4 is 10.5 Å². The highest BCUT2D eigenvalue weighted by Gasteiger charge is 2.31. The fourth-order valence-electron chi connectivity index (χ4n) is 1.72. The fraction of sp³-hybridized carbons (Fsp3) is 0.538. The van der Waals surface area contributed by atoms with Crippen LogP contribution in [-0.2, 0) is 19.0 Å². The number of aryl methyl sites for hydroxylation is 1. The molecule has 0 heterocycles. The van der Waals surface area contributed by atoms with Gasteiger partial charge in [-0.05, 0) is 50.8 Å². The third-order valence-corrected chi connectivity index (χ3v) is 2.70. The number of rotatable bonds is 5. The van der Waals surface area contributed by atoms with Crippen LogP contribution in [0, 0.1) is 0 Å². The standard InChI is InChI=1S/C13H18F3NOS/c1-12(2,17)5-3-4-9-6-10(8-11(19)7-9)18-13(14,15)16/h6-8,19H,3-5,17H2,1-2H3/p-1. The molecule has 6 heteroatoms. The molecule has 0 spiro atoms. The molecule has 0 atom stereocenters. The van der Waals surface area contributed by atoms with Gasteiger partial charge in [0.1, 0.15) is 5.75 Å². The van der Waals surface area contributed by atoms with E-state index in [-0.39, 0.29) is 11.3 Å². The highest BCUT2D eigenvalue weighted by molar-refractivity contribution is 7.58. The summed E-state index contributed by atoms with van der Waals surface area (Å²) in [5.74, 6) is -0.262. The molecule has 0 aliphatic carbocycles. The number of nitrogens with two attached hydrogens (primary N) is 1. The van der Waals surface area contributed by atoms with E-state index in [1.165, 1.54) is 12.1 Å². The summed E-state index contributed by atoms with van der Waals surface area (Å²) in [5.41, 5.74) is 6.30. The van der Waals surface area contributed by atoms with Gasteiger partial charge in [-0.25, -0.2) is 0 Å². The number of alkyl halides is 3. The molecule has 0 bridgehead atoms. The molecule has 2 N–H and O–H groups in total. The lowest BCUT2D eigenvalue weighted by Crippen LogP contribution is -2.31. The number of hydrogen-bond acceptors (Lipinski definition) is 3. The molecular formula is C13H17F3NOS-. The minimum atomic E-state index is -4.69. The molecule has 0 saturated heterocycles. The maximum Gasteiger partial charge on any atom is 0.573 e. The van der Waals surface area contributed by atoms with Gasteiger partial charge in [-0.1, -0.05) is 6.07 Å². The van der Waals surface area contributed by atoms with E-state index in [0.29, 0.717) is 11.3 Å². The molecule has 2 nitrogen and oxygen atoms in total. The lowest BCUT2D eigenvalue weighted by molar-refractivity contribution is -0.274. The van der Waals surface area contributed by atoms with Gasteiger partial charge in [-0.15, -0.1) is 13.2 Å². The highest BCUT2D eigenvalue weighted by atomic mass is 32.1. The Hall–Kier alpha value is -1.01. The molecule has 0 saturated carbocycles.